The Hall–Kier alpha value is -1.85. The number of carbonyl (C=O) groups is 1. The number of hydrogen-bond acceptors (Lipinski definition) is 3. The van der Waals surface area contributed by atoms with Gasteiger partial charge in [0.1, 0.15) is 5.69 Å². The van der Waals surface area contributed by atoms with Crippen molar-refractivity contribution in [3.05, 3.63) is 41.0 Å². The van der Waals surface area contributed by atoms with Crippen LogP contribution in [0.15, 0.2) is 30.3 Å². The lowest BCUT2D eigenvalue weighted by Gasteiger charge is -2.09. The van der Waals surface area contributed by atoms with E-state index in [-0.39, 0.29) is 11.9 Å². The summed E-state index contributed by atoms with van der Waals surface area (Å²) >= 11 is 5.85. The Morgan fingerprint density at radius 2 is 2.15 bits per heavy atom. The molecule has 6 heteroatoms. The highest BCUT2D eigenvalue weighted by atomic mass is 35.5. The van der Waals surface area contributed by atoms with Crippen LogP contribution in [0.2, 0.25) is 5.02 Å². The molecule has 1 fully saturated rings. The Labute approximate surface area is 121 Å². The number of hydrogen-bond donors (Lipinski definition) is 3. The zero-order chi connectivity index (χ0) is 13.9. The lowest BCUT2D eigenvalue weighted by molar-refractivity contribution is 0.0935. The number of aromatic amines is 1. The van der Waals surface area contributed by atoms with E-state index in [2.05, 4.69) is 20.8 Å². The number of halogens is 1. The third kappa shape index (κ3) is 2.84. The normalized spacial score (nSPS) is 18.1. The number of nitrogens with zero attached hydrogens (tertiary/aromatic N) is 1. The summed E-state index contributed by atoms with van der Waals surface area (Å²) < 4.78 is 0. The lowest BCUT2D eigenvalue weighted by atomic mass is 10.1. The molecule has 1 aliphatic rings. The van der Waals surface area contributed by atoms with Gasteiger partial charge in [0.05, 0.1) is 5.69 Å². The topological polar surface area (TPSA) is 69.8 Å². The molecule has 0 radical (unpaired) electrons. The fourth-order valence-electron chi connectivity index (χ4n) is 2.25. The molecule has 1 aromatic heterocycles. The van der Waals surface area contributed by atoms with E-state index in [4.69, 9.17) is 11.6 Å². The molecule has 1 aromatic carbocycles. The van der Waals surface area contributed by atoms with E-state index in [1.54, 1.807) is 18.2 Å². The van der Waals surface area contributed by atoms with Crippen LogP contribution in [-0.2, 0) is 0 Å². The van der Waals surface area contributed by atoms with Crippen molar-refractivity contribution in [2.45, 2.75) is 12.5 Å². The van der Waals surface area contributed by atoms with E-state index in [9.17, 15) is 4.79 Å². The third-order valence-electron chi connectivity index (χ3n) is 3.36. The fourth-order valence-corrected chi connectivity index (χ4v) is 2.37. The summed E-state index contributed by atoms with van der Waals surface area (Å²) in [4.78, 5) is 12.1. The van der Waals surface area contributed by atoms with Gasteiger partial charge in [0.2, 0.25) is 0 Å². The highest BCUT2D eigenvalue weighted by Gasteiger charge is 2.19. The smallest absolute Gasteiger partial charge is 0.269 e. The van der Waals surface area contributed by atoms with Crippen LogP contribution in [0.5, 0.6) is 0 Å². The van der Waals surface area contributed by atoms with Crippen LogP contribution in [0.25, 0.3) is 11.3 Å². The monoisotopic (exact) mass is 290 g/mol. The van der Waals surface area contributed by atoms with E-state index in [0.29, 0.717) is 10.7 Å². The van der Waals surface area contributed by atoms with Gasteiger partial charge >= 0.3 is 0 Å². The zero-order valence-corrected chi connectivity index (χ0v) is 11.6. The zero-order valence-electron chi connectivity index (χ0n) is 10.8. The molecule has 0 saturated carbocycles. The second-order valence-electron chi connectivity index (χ2n) is 4.84. The molecule has 1 amide bonds. The maximum Gasteiger partial charge on any atom is 0.269 e. The van der Waals surface area contributed by atoms with Crippen molar-refractivity contribution in [1.82, 2.24) is 20.8 Å². The summed E-state index contributed by atoms with van der Waals surface area (Å²) in [6.07, 6.45) is 0.962. The number of rotatable bonds is 3. The Bertz CT molecular complexity index is 602. The molecule has 0 aliphatic carbocycles. The van der Waals surface area contributed by atoms with Gasteiger partial charge < -0.3 is 10.6 Å². The van der Waals surface area contributed by atoms with Crippen molar-refractivity contribution in [2.24, 2.45) is 0 Å². The Balaban J connectivity index is 1.72. The standard InChI is InChI=1S/C14H15ClN4O/c15-10-3-1-9(2-4-10)12-7-13(19-18-12)14(20)17-11-5-6-16-8-11/h1-4,7,11,16H,5-6,8H2,(H,17,20)(H,18,19). The van der Waals surface area contributed by atoms with Gasteiger partial charge in [-0.15, -0.1) is 0 Å². The summed E-state index contributed by atoms with van der Waals surface area (Å²) in [6, 6.07) is 9.30. The SMILES string of the molecule is O=C(NC1CCNC1)c1cc(-c2ccc(Cl)cc2)n[nH]1. The van der Waals surface area contributed by atoms with Crippen molar-refractivity contribution >= 4 is 17.5 Å². The summed E-state index contributed by atoms with van der Waals surface area (Å²) in [5, 5.41) is 13.8. The van der Waals surface area contributed by atoms with Gasteiger partial charge in [-0.3, -0.25) is 9.89 Å². The molecule has 3 N–H and O–H groups in total. The molecule has 3 rings (SSSR count). The first-order chi connectivity index (χ1) is 9.72. The number of nitrogens with one attached hydrogen (secondary N) is 3. The molecule has 0 bridgehead atoms. The average molecular weight is 291 g/mol. The minimum Gasteiger partial charge on any atom is -0.347 e. The molecule has 2 aromatic rings. The molecule has 5 nitrogen and oxygen atoms in total. The predicted octanol–water partition coefficient (Wildman–Crippen LogP) is 1.82. The first-order valence-corrected chi connectivity index (χ1v) is 6.93. The third-order valence-corrected chi connectivity index (χ3v) is 3.61. The van der Waals surface area contributed by atoms with Gasteiger partial charge in [-0.05, 0) is 31.2 Å². The van der Waals surface area contributed by atoms with Gasteiger partial charge in [-0.1, -0.05) is 23.7 Å². The molecule has 20 heavy (non-hydrogen) atoms. The average Bonchev–Trinajstić information content (AvgIpc) is 3.10. The second-order valence-corrected chi connectivity index (χ2v) is 5.27. The maximum absolute atomic E-state index is 12.1. The predicted molar refractivity (Wildman–Crippen MR) is 77.8 cm³/mol. The first kappa shape index (κ1) is 13.1. The highest BCUT2D eigenvalue weighted by molar-refractivity contribution is 6.30. The van der Waals surface area contributed by atoms with Gasteiger partial charge in [-0.2, -0.15) is 5.10 Å². The number of aromatic nitrogens is 2. The molecule has 0 spiro atoms. The van der Waals surface area contributed by atoms with Crippen LogP contribution in [0.3, 0.4) is 0 Å². The minimum absolute atomic E-state index is 0.119. The number of benzene rings is 1. The number of H-pyrrole nitrogens is 1. The molecule has 1 atom stereocenters. The Morgan fingerprint density at radius 1 is 1.35 bits per heavy atom. The van der Waals surface area contributed by atoms with Crippen molar-refractivity contribution in [3.63, 3.8) is 0 Å². The van der Waals surface area contributed by atoms with Gasteiger partial charge in [0.15, 0.2) is 0 Å². The minimum atomic E-state index is -0.119. The van der Waals surface area contributed by atoms with Gasteiger partial charge in [-0.25, -0.2) is 0 Å². The van der Waals surface area contributed by atoms with E-state index >= 15 is 0 Å². The summed E-state index contributed by atoms with van der Waals surface area (Å²) in [6.45, 7) is 1.77. The maximum atomic E-state index is 12.1. The highest BCUT2D eigenvalue weighted by Crippen LogP contribution is 2.20. The van der Waals surface area contributed by atoms with Crippen LogP contribution in [0, 0.1) is 0 Å². The van der Waals surface area contributed by atoms with E-state index in [1.165, 1.54) is 0 Å². The van der Waals surface area contributed by atoms with E-state index in [0.717, 1.165) is 30.8 Å². The van der Waals surface area contributed by atoms with Crippen LogP contribution < -0.4 is 10.6 Å². The second kappa shape index (κ2) is 5.64. The molecular weight excluding hydrogens is 276 g/mol. The summed E-state index contributed by atoms with van der Waals surface area (Å²) in [7, 11) is 0. The first-order valence-electron chi connectivity index (χ1n) is 6.55. The number of amides is 1. The number of carbonyl (C=O) groups excluding carboxylic acids is 1. The lowest BCUT2D eigenvalue weighted by Crippen LogP contribution is -2.36. The van der Waals surface area contributed by atoms with Crippen LogP contribution >= 0.6 is 11.6 Å². The van der Waals surface area contributed by atoms with Gasteiger partial charge in [0, 0.05) is 23.2 Å². The van der Waals surface area contributed by atoms with Crippen molar-refractivity contribution in [2.75, 3.05) is 13.1 Å². The quantitative estimate of drug-likeness (QED) is 0.807. The molecule has 1 saturated heterocycles. The fraction of sp³-hybridized carbons (Fsp3) is 0.286. The Morgan fingerprint density at radius 3 is 2.85 bits per heavy atom. The van der Waals surface area contributed by atoms with Crippen molar-refractivity contribution in [3.8, 4) is 11.3 Å². The van der Waals surface area contributed by atoms with Crippen LogP contribution in [0.1, 0.15) is 16.9 Å². The van der Waals surface area contributed by atoms with E-state index < -0.39 is 0 Å². The summed E-state index contributed by atoms with van der Waals surface area (Å²) in [5.74, 6) is -0.119. The Kier molecular flexibility index (Phi) is 3.71. The largest absolute Gasteiger partial charge is 0.347 e. The molecule has 1 unspecified atom stereocenters. The molecule has 1 aliphatic heterocycles. The van der Waals surface area contributed by atoms with Gasteiger partial charge in [0.25, 0.3) is 5.91 Å². The molecule has 104 valence electrons. The summed E-state index contributed by atoms with van der Waals surface area (Å²) in [5.41, 5.74) is 2.13. The van der Waals surface area contributed by atoms with Crippen LogP contribution in [-0.4, -0.2) is 35.2 Å². The van der Waals surface area contributed by atoms with Crippen LogP contribution in [0.4, 0.5) is 0 Å². The van der Waals surface area contributed by atoms with Crippen molar-refractivity contribution in [1.29, 1.82) is 0 Å². The molecular formula is C14H15ClN4O. The molecule has 2 heterocycles. The van der Waals surface area contributed by atoms with Crippen molar-refractivity contribution < 1.29 is 4.79 Å². The van der Waals surface area contributed by atoms with E-state index in [1.807, 2.05) is 12.1 Å².